The summed E-state index contributed by atoms with van der Waals surface area (Å²) in [6.07, 6.45) is 2.30. The second-order valence-electron chi connectivity index (χ2n) is 7.42. The first-order valence-electron chi connectivity index (χ1n) is 10.3. The van der Waals surface area contributed by atoms with Crippen LogP contribution in [0, 0.1) is 17.2 Å². The number of rotatable bonds is 10. The maximum absolute atomic E-state index is 12.5. The van der Waals surface area contributed by atoms with Crippen molar-refractivity contribution in [3.8, 4) is 17.6 Å². The Morgan fingerprint density at radius 1 is 1.15 bits per heavy atom. The smallest absolute Gasteiger partial charge is 0.268 e. The molecule has 0 atom stereocenters. The van der Waals surface area contributed by atoms with Gasteiger partial charge in [-0.2, -0.15) is 5.26 Å². The van der Waals surface area contributed by atoms with Crippen LogP contribution < -0.4 is 14.8 Å². The van der Waals surface area contributed by atoms with Crippen LogP contribution in [-0.4, -0.2) is 29.3 Å². The Labute approximate surface area is 201 Å². The number of hydrogen-bond donors (Lipinski definition) is 1. The van der Waals surface area contributed by atoms with E-state index in [2.05, 4.69) is 29.4 Å². The van der Waals surface area contributed by atoms with Crippen LogP contribution >= 0.6 is 22.9 Å². The number of halogens is 1. The van der Waals surface area contributed by atoms with Gasteiger partial charge in [-0.1, -0.05) is 61.1 Å². The molecule has 0 spiro atoms. The Morgan fingerprint density at radius 3 is 2.58 bits per heavy atom. The van der Waals surface area contributed by atoms with Gasteiger partial charge in [-0.3, -0.25) is 10.1 Å². The summed E-state index contributed by atoms with van der Waals surface area (Å²) < 4.78 is 11.3. The summed E-state index contributed by atoms with van der Waals surface area (Å²) >= 11 is 7.36. The zero-order valence-corrected chi connectivity index (χ0v) is 19.8. The second kappa shape index (κ2) is 12.0. The van der Waals surface area contributed by atoms with Gasteiger partial charge in [-0.25, -0.2) is 0 Å². The topological polar surface area (TPSA) is 97.1 Å². The lowest BCUT2D eigenvalue weighted by Gasteiger charge is -2.09. The predicted molar refractivity (Wildman–Crippen MR) is 130 cm³/mol. The minimum Gasteiger partial charge on any atom is -0.490 e. The van der Waals surface area contributed by atoms with Crippen LogP contribution in [0.1, 0.15) is 24.4 Å². The highest BCUT2D eigenvalue weighted by molar-refractivity contribution is 7.15. The normalized spacial score (nSPS) is 11.2. The molecule has 7 nitrogen and oxygen atoms in total. The fourth-order valence-corrected chi connectivity index (χ4v) is 3.89. The van der Waals surface area contributed by atoms with Gasteiger partial charge in [0.05, 0.1) is 5.02 Å². The Hall–Kier alpha value is -3.41. The Kier molecular flexibility index (Phi) is 8.81. The molecule has 0 aliphatic heterocycles. The van der Waals surface area contributed by atoms with E-state index >= 15 is 0 Å². The van der Waals surface area contributed by atoms with Gasteiger partial charge >= 0.3 is 0 Å². The Morgan fingerprint density at radius 2 is 1.88 bits per heavy atom. The van der Waals surface area contributed by atoms with E-state index in [-0.39, 0.29) is 5.57 Å². The highest BCUT2D eigenvalue weighted by Gasteiger charge is 2.13. The number of carbonyl (C=O) groups excluding carboxylic acids is 1. The molecule has 1 amide bonds. The van der Waals surface area contributed by atoms with Crippen molar-refractivity contribution in [2.45, 2.75) is 20.3 Å². The lowest BCUT2D eigenvalue weighted by Crippen LogP contribution is -2.13. The lowest BCUT2D eigenvalue weighted by atomic mass is 10.1. The first-order valence-corrected chi connectivity index (χ1v) is 11.5. The van der Waals surface area contributed by atoms with E-state index in [1.54, 1.807) is 36.4 Å². The SMILES string of the molecule is CC(C)Cc1nnc(NC(=O)/C(C#N)=C\c2ccc(OCCOc3ccccc3Cl)cc2)s1. The summed E-state index contributed by atoms with van der Waals surface area (Å²) in [5, 5.41) is 21.8. The number of nitrogens with one attached hydrogen (secondary N) is 1. The van der Waals surface area contributed by atoms with Crippen LogP contribution in [-0.2, 0) is 11.2 Å². The van der Waals surface area contributed by atoms with E-state index in [9.17, 15) is 10.1 Å². The van der Waals surface area contributed by atoms with E-state index in [4.69, 9.17) is 21.1 Å². The number of amides is 1. The van der Waals surface area contributed by atoms with Crippen LogP contribution in [0.5, 0.6) is 11.5 Å². The van der Waals surface area contributed by atoms with Gasteiger partial charge in [0.15, 0.2) is 0 Å². The monoisotopic (exact) mass is 482 g/mol. The van der Waals surface area contributed by atoms with E-state index in [0.717, 1.165) is 11.4 Å². The number of nitriles is 1. The molecule has 0 radical (unpaired) electrons. The molecule has 0 aliphatic carbocycles. The van der Waals surface area contributed by atoms with Gasteiger partial charge in [0, 0.05) is 6.42 Å². The summed E-state index contributed by atoms with van der Waals surface area (Å²) in [6.45, 7) is 4.85. The van der Waals surface area contributed by atoms with Gasteiger partial charge in [-0.15, -0.1) is 10.2 Å². The van der Waals surface area contributed by atoms with Crippen LogP contribution in [0.4, 0.5) is 5.13 Å². The minimum atomic E-state index is -0.526. The number of aromatic nitrogens is 2. The maximum Gasteiger partial charge on any atom is 0.268 e. The molecule has 9 heteroatoms. The first-order chi connectivity index (χ1) is 15.9. The van der Waals surface area contributed by atoms with Crippen molar-refractivity contribution in [3.05, 3.63) is 69.7 Å². The van der Waals surface area contributed by atoms with E-state index in [1.165, 1.54) is 17.4 Å². The minimum absolute atomic E-state index is 0.0302. The predicted octanol–water partition coefficient (Wildman–Crippen LogP) is 5.39. The molecule has 0 fully saturated rings. The van der Waals surface area contributed by atoms with Crippen LogP contribution in [0.25, 0.3) is 6.08 Å². The van der Waals surface area contributed by atoms with Crippen LogP contribution in [0.3, 0.4) is 0 Å². The summed E-state index contributed by atoms with van der Waals surface area (Å²) in [4.78, 5) is 12.5. The number of benzene rings is 2. The van der Waals surface area contributed by atoms with Crippen molar-refractivity contribution in [2.24, 2.45) is 5.92 Å². The summed E-state index contributed by atoms with van der Waals surface area (Å²) in [5.41, 5.74) is 0.663. The Balaban J connectivity index is 1.52. The van der Waals surface area contributed by atoms with Crippen molar-refractivity contribution in [1.82, 2.24) is 10.2 Å². The molecular weight excluding hydrogens is 460 g/mol. The van der Waals surface area contributed by atoms with E-state index in [1.807, 2.05) is 18.2 Å². The fraction of sp³-hybridized carbons (Fsp3) is 0.250. The maximum atomic E-state index is 12.5. The van der Waals surface area contributed by atoms with Crippen LogP contribution in [0.2, 0.25) is 5.02 Å². The standard InChI is InChI=1S/C24H23ClN4O3S/c1-16(2)13-22-28-29-24(33-22)27-23(30)18(15-26)14-17-7-9-19(10-8-17)31-11-12-32-21-6-4-3-5-20(21)25/h3-10,14,16H,11-13H2,1-2H3,(H,27,29,30)/b18-14-. The number of nitrogens with zero attached hydrogens (tertiary/aromatic N) is 3. The molecule has 0 bridgehead atoms. The number of para-hydroxylation sites is 1. The van der Waals surface area contributed by atoms with Gasteiger partial charge in [-0.05, 0) is 41.8 Å². The zero-order chi connectivity index (χ0) is 23.6. The molecule has 3 rings (SSSR count). The van der Waals surface area contributed by atoms with Gasteiger partial charge in [0.1, 0.15) is 41.4 Å². The average molecular weight is 483 g/mol. The first kappa shape index (κ1) is 24.2. The number of anilines is 1. The van der Waals surface area contributed by atoms with Gasteiger partial charge in [0.25, 0.3) is 5.91 Å². The van der Waals surface area contributed by atoms with Gasteiger partial charge < -0.3 is 9.47 Å². The zero-order valence-electron chi connectivity index (χ0n) is 18.2. The van der Waals surface area contributed by atoms with E-state index < -0.39 is 5.91 Å². The van der Waals surface area contributed by atoms with Crippen molar-refractivity contribution in [3.63, 3.8) is 0 Å². The molecule has 170 valence electrons. The average Bonchev–Trinajstić information content (AvgIpc) is 3.22. The molecule has 1 N–H and O–H groups in total. The summed E-state index contributed by atoms with van der Waals surface area (Å²) in [7, 11) is 0. The number of carbonyl (C=O) groups is 1. The summed E-state index contributed by atoms with van der Waals surface area (Å²) in [5.74, 6) is 1.17. The van der Waals surface area contributed by atoms with Crippen molar-refractivity contribution < 1.29 is 14.3 Å². The lowest BCUT2D eigenvalue weighted by molar-refractivity contribution is -0.112. The molecule has 33 heavy (non-hydrogen) atoms. The molecule has 1 heterocycles. The molecule has 3 aromatic rings. The number of ether oxygens (including phenoxy) is 2. The third-order valence-corrected chi connectivity index (χ3v) is 5.45. The highest BCUT2D eigenvalue weighted by Crippen LogP contribution is 2.23. The molecule has 0 saturated carbocycles. The Bertz CT molecular complexity index is 1150. The van der Waals surface area contributed by atoms with E-state index in [0.29, 0.717) is 46.3 Å². The third kappa shape index (κ3) is 7.59. The third-order valence-electron chi connectivity index (χ3n) is 4.27. The largest absolute Gasteiger partial charge is 0.490 e. The van der Waals surface area contributed by atoms with Crippen molar-refractivity contribution in [2.75, 3.05) is 18.5 Å². The van der Waals surface area contributed by atoms with Crippen LogP contribution in [0.15, 0.2) is 54.1 Å². The molecular formula is C24H23ClN4O3S. The molecule has 0 unspecified atom stereocenters. The second-order valence-corrected chi connectivity index (χ2v) is 8.89. The summed E-state index contributed by atoms with van der Waals surface area (Å²) in [6, 6.07) is 16.2. The molecule has 2 aromatic carbocycles. The molecule has 0 aliphatic rings. The van der Waals surface area contributed by atoms with Crippen molar-refractivity contribution >= 4 is 40.1 Å². The molecule has 0 saturated heterocycles. The quantitative estimate of drug-likeness (QED) is 0.236. The van der Waals surface area contributed by atoms with Gasteiger partial charge in [0.2, 0.25) is 5.13 Å². The number of hydrogen-bond acceptors (Lipinski definition) is 7. The fourth-order valence-electron chi connectivity index (χ4n) is 2.75. The molecule has 1 aromatic heterocycles. The highest BCUT2D eigenvalue weighted by atomic mass is 35.5. The van der Waals surface area contributed by atoms with Crippen molar-refractivity contribution in [1.29, 1.82) is 5.26 Å².